The Balaban J connectivity index is 2.71. The largest absolute Gasteiger partial charge is 0.391 e. The third-order valence-corrected chi connectivity index (χ3v) is 1.91. The summed E-state index contributed by atoms with van der Waals surface area (Å²) in [6.07, 6.45) is -4.45. The highest BCUT2D eigenvalue weighted by atomic mass is 16.7. The minimum atomic E-state index is -2.17. The molecule has 0 spiro atoms. The maximum absolute atomic E-state index is 9.24. The summed E-state index contributed by atoms with van der Waals surface area (Å²) in [4.78, 5) is 0. The highest BCUT2D eigenvalue weighted by molar-refractivity contribution is 4.90. The molecule has 1 saturated heterocycles. The van der Waals surface area contributed by atoms with Gasteiger partial charge in [0.2, 0.25) is 5.79 Å². The standard InChI is InChI=1S/C6H12O6/c7-2-6(11)5(10)4(9)3(8)1-12-6/h3-5,7-11H,1-2H2/t3-,4+,5?,6?/m1/s1. The molecule has 0 radical (unpaired) electrons. The van der Waals surface area contributed by atoms with Crippen molar-refractivity contribution in [2.45, 2.75) is 24.1 Å². The van der Waals surface area contributed by atoms with Crippen LogP contribution in [0.15, 0.2) is 0 Å². The van der Waals surface area contributed by atoms with Crippen molar-refractivity contribution in [3.63, 3.8) is 0 Å². The van der Waals surface area contributed by atoms with Crippen molar-refractivity contribution in [2.24, 2.45) is 0 Å². The first-order chi connectivity index (χ1) is 5.51. The van der Waals surface area contributed by atoms with Gasteiger partial charge in [0.15, 0.2) is 0 Å². The average molecular weight is 180 g/mol. The van der Waals surface area contributed by atoms with Crippen molar-refractivity contribution in [3.8, 4) is 0 Å². The molecule has 0 bridgehead atoms. The van der Waals surface area contributed by atoms with Crippen LogP contribution in [0.1, 0.15) is 0 Å². The van der Waals surface area contributed by atoms with Crippen LogP contribution in [-0.4, -0.2) is 62.8 Å². The monoisotopic (exact) mass is 180 g/mol. The van der Waals surface area contributed by atoms with E-state index in [0.717, 1.165) is 0 Å². The van der Waals surface area contributed by atoms with Crippen LogP contribution in [0.25, 0.3) is 0 Å². The van der Waals surface area contributed by atoms with Crippen molar-refractivity contribution in [1.82, 2.24) is 0 Å². The Bertz CT molecular complexity index is 162. The van der Waals surface area contributed by atoms with Crippen molar-refractivity contribution < 1.29 is 30.3 Å². The number of aliphatic hydroxyl groups excluding tert-OH is 4. The van der Waals surface area contributed by atoms with E-state index in [1.54, 1.807) is 0 Å². The summed E-state index contributed by atoms with van der Waals surface area (Å²) in [7, 11) is 0. The molecule has 1 fully saturated rings. The first-order valence-electron chi connectivity index (χ1n) is 3.52. The molecule has 0 aromatic carbocycles. The van der Waals surface area contributed by atoms with E-state index in [4.69, 9.17) is 20.4 Å². The van der Waals surface area contributed by atoms with E-state index in [2.05, 4.69) is 4.74 Å². The maximum atomic E-state index is 9.24. The van der Waals surface area contributed by atoms with Gasteiger partial charge in [0.1, 0.15) is 18.3 Å². The van der Waals surface area contributed by atoms with Gasteiger partial charge in [-0.15, -0.1) is 0 Å². The first kappa shape index (κ1) is 9.85. The van der Waals surface area contributed by atoms with Crippen molar-refractivity contribution >= 4 is 0 Å². The van der Waals surface area contributed by atoms with Crippen LogP contribution in [0.2, 0.25) is 0 Å². The minimum Gasteiger partial charge on any atom is -0.391 e. The lowest BCUT2D eigenvalue weighted by Crippen LogP contribution is -2.62. The second-order valence-electron chi connectivity index (χ2n) is 2.82. The number of ether oxygens (including phenoxy) is 1. The van der Waals surface area contributed by atoms with E-state index in [-0.39, 0.29) is 6.61 Å². The molecule has 6 nitrogen and oxygen atoms in total. The highest BCUT2D eigenvalue weighted by Gasteiger charge is 2.47. The molecule has 72 valence electrons. The smallest absolute Gasteiger partial charge is 0.218 e. The highest BCUT2D eigenvalue weighted by Crippen LogP contribution is 2.22. The third-order valence-electron chi connectivity index (χ3n) is 1.91. The molecule has 1 rings (SSSR count). The molecular weight excluding hydrogens is 168 g/mol. The molecule has 6 heteroatoms. The van der Waals surface area contributed by atoms with Gasteiger partial charge >= 0.3 is 0 Å². The topological polar surface area (TPSA) is 110 Å². The molecule has 0 aromatic rings. The first-order valence-corrected chi connectivity index (χ1v) is 3.52. The summed E-state index contributed by atoms with van der Waals surface area (Å²) in [6.45, 7) is -1.16. The predicted octanol–water partition coefficient (Wildman–Crippen LogP) is -3.22. The van der Waals surface area contributed by atoms with Crippen LogP contribution in [0.4, 0.5) is 0 Å². The van der Waals surface area contributed by atoms with Crippen LogP contribution in [-0.2, 0) is 4.74 Å². The molecular formula is C6H12O6. The second-order valence-corrected chi connectivity index (χ2v) is 2.82. The summed E-state index contributed by atoms with van der Waals surface area (Å²) >= 11 is 0. The zero-order valence-corrected chi connectivity index (χ0v) is 6.29. The van der Waals surface area contributed by atoms with Crippen LogP contribution in [0.5, 0.6) is 0 Å². The van der Waals surface area contributed by atoms with E-state index < -0.39 is 30.7 Å². The SMILES string of the molecule is OCC1(O)OC[C@@H](O)[C@H](O)C1O. The molecule has 1 heterocycles. The fraction of sp³-hybridized carbons (Fsp3) is 1.00. The number of rotatable bonds is 1. The lowest BCUT2D eigenvalue weighted by atomic mass is 9.98. The molecule has 0 aliphatic carbocycles. The van der Waals surface area contributed by atoms with E-state index in [9.17, 15) is 5.11 Å². The van der Waals surface area contributed by atoms with E-state index >= 15 is 0 Å². The summed E-state index contributed by atoms with van der Waals surface area (Å²) in [5, 5.41) is 45.0. The van der Waals surface area contributed by atoms with E-state index in [1.807, 2.05) is 0 Å². The van der Waals surface area contributed by atoms with Gasteiger partial charge in [-0.25, -0.2) is 0 Å². The molecule has 5 N–H and O–H groups in total. The van der Waals surface area contributed by atoms with Crippen LogP contribution in [0, 0.1) is 0 Å². The quantitative estimate of drug-likeness (QED) is 0.290. The summed E-state index contributed by atoms with van der Waals surface area (Å²) < 4.78 is 4.56. The van der Waals surface area contributed by atoms with Gasteiger partial charge in [-0.1, -0.05) is 0 Å². The van der Waals surface area contributed by atoms with Gasteiger partial charge in [0, 0.05) is 0 Å². The van der Waals surface area contributed by atoms with E-state index in [1.165, 1.54) is 0 Å². The Kier molecular flexibility index (Phi) is 2.67. The zero-order chi connectivity index (χ0) is 9.35. The molecule has 0 aromatic heterocycles. The molecule has 12 heavy (non-hydrogen) atoms. The summed E-state index contributed by atoms with van der Waals surface area (Å²) in [5.74, 6) is -2.17. The number of hydrogen-bond donors (Lipinski definition) is 5. The predicted molar refractivity (Wildman–Crippen MR) is 36.0 cm³/mol. The van der Waals surface area contributed by atoms with Gasteiger partial charge in [-0.05, 0) is 0 Å². The molecule has 0 amide bonds. The zero-order valence-electron chi connectivity index (χ0n) is 6.29. The number of aliphatic hydroxyl groups is 5. The third kappa shape index (κ3) is 1.45. The lowest BCUT2D eigenvalue weighted by Gasteiger charge is -2.40. The Morgan fingerprint density at radius 3 is 2.42 bits per heavy atom. The van der Waals surface area contributed by atoms with Gasteiger partial charge in [0.25, 0.3) is 0 Å². The average Bonchev–Trinajstić information content (AvgIpc) is 2.09. The molecule has 2 unspecified atom stereocenters. The Morgan fingerprint density at radius 2 is 1.92 bits per heavy atom. The summed E-state index contributed by atoms with van der Waals surface area (Å²) in [6, 6.07) is 0. The fourth-order valence-electron chi connectivity index (χ4n) is 1.03. The van der Waals surface area contributed by atoms with Crippen molar-refractivity contribution in [2.75, 3.05) is 13.2 Å². The normalized spacial score (nSPS) is 49.2. The van der Waals surface area contributed by atoms with Gasteiger partial charge < -0.3 is 30.3 Å². The van der Waals surface area contributed by atoms with Crippen molar-refractivity contribution in [3.05, 3.63) is 0 Å². The Labute approximate surface area is 68.6 Å². The van der Waals surface area contributed by atoms with Gasteiger partial charge in [0.05, 0.1) is 13.2 Å². The van der Waals surface area contributed by atoms with Crippen molar-refractivity contribution in [1.29, 1.82) is 0 Å². The molecule has 1 aliphatic rings. The fourth-order valence-corrected chi connectivity index (χ4v) is 1.03. The van der Waals surface area contributed by atoms with Crippen LogP contribution in [0.3, 0.4) is 0 Å². The lowest BCUT2D eigenvalue weighted by molar-refractivity contribution is -0.331. The minimum absolute atomic E-state index is 0.324. The molecule has 4 atom stereocenters. The van der Waals surface area contributed by atoms with Gasteiger partial charge in [-0.3, -0.25) is 0 Å². The number of hydrogen-bond acceptors (Lipinski definition) is 6. The van der Waals surface area contributed by atoms with E-state index in [0.29, 0.717) is 0 Å². The molecule has 0 saturated carbocycles. The summed E-state index contributed by atoms with van der Waals surface area (Å²) in [5.41, 5.74) is 0. The van der Waals surface area contributed by atoms with Crippen LogP contribution < -0.4 is 0 Å². The maximum Gasteiger partial charge on any atom is 0.218 e. The molecule has 1 aliphatic heterocycles. The Hall–Kier alpha value is -0.240. The van der Waals surface area contributed by atoms with Crippen LogP contribution >= 0.6 is 0 Å². The second kappa shape index (κ2) is 3.25. The van der Waals surface area contributed by atoms with Gasteiger partial charge in [-0.2, -0.15) is 0 Å². The Morgan fingerprint density at radius 1 is 1.33 bits per heavy atom.